The molecule has 1 aromatic heterocycles. The lowest BCUT2D eigenvalue weighted by Gasteiger charge is -2.18. The van der Waals surface area contributed by atoms with Gasteiger partial charge in [-0.2, -0.15) is 0 Å². The Hall–Kier alpha value is -2.22. The summed E-state index contributed by atoms with van der Waals surface area (Å²) in [5, 5.41) is 11.3. The Morgan fingerprint density at radius 3 is 2.63 bits per heavy atom. The highest BCUT2D eigenvalue weighted by Gasteiger charge is 2.21. The Labute approximate surface area is 110 Å². The van der Waals surface area contributed by atoms with Gasteiger partial charge < -0.3 is 20.1 Å². The van der Waals surface area contributed by atoms with Crippen LogP contribution >= 0.6 is 0 Å². The SMILES string of the molecule is COC(=O)[C@H](CO)NC(=O)CN(C)c1ncccn1. The lowest BCUT2D eigenvalue weighted by atomic mass is 10.3. The molecule has 0 saturated carbocycles. The fourth-order valence-corrected chi connectivity index (χ4v) is 1.34. The highest BCUT2D eigenvalue weighted by molar-refractivity contribution is 5.86. The quantitative estimate of drug-likeness (QED) is 0.609. The predicted octanol–water partition coefficient (Wildman–Crippen LogP) is -1.44. The molecule has 19 heavy (non-hydrogen) atoms. The third kappa shape index (κ3) is 4.51. The number of nitrogens with one attached hydrogen (secondary N) is 1. The van der Waals surface area contributed by atoms with E-state index in [0.717, 1.165) is 0 Å². The topological polar surface area (TPSA) is 105 Å². The summed E-state index contributed by atoms with van der Waals surface area (Å²) in [5.74, 6) is -0.759. The van der Waals surface area contributed by atoms with Gasteiger partial charge in [0.15, 0.2) is 6.04 Å². The summed E-state index contributed by atoms with van der Waals surface area (Å²) < 4.78 is 4.44. The van der Waals surface area contributed by atoms with Crippen LogP contribution in [-0.2, 0) is 14.3 Å². The molecule has 0 radical (unpaired) electrons. The number of likely N-dealkylation sites (N-methyl/N-ethyl adjacent to an activating group) is 1. The van der Waals surface area contributed by atoms with Gasteiger partial charge >= 0.3 is 5.97 Å². The maximum Gasteiger partial charge on any atom is 0.330 e. The van der Waals surface area contributed by atoms with E-state index in [0.29, 0.717) is 5.95 Å². The Kier molecular flexibility index (Phi) is 5.68. The van der Waals surface area contributed by atoms with Crippen LogP contribution in [0, 0.1) is 0 Å². The van der Waals surface area contributed by atoms with Crippen molar-refractivity contribution in [2.75, 3.05) is 32.2 Å². The molecule has 0 aromatic carbocycles. The fraction of sp³-hybridized carbons (Fsp3) is 0.455. The zero-order valence-electron chi connectivity index (χ0n) is 10.7. The number of aliphatic hydroxyl groups excluding tert-OH is 1. The smallest absolute Gasteiger partial charge is 0.330 e. The van der Waals surface area contributed by atoms with Crippen molar-refractivity contribution in [2.24, 2.45) is 0 Å². The average molecular weight is 268 g/mol. The van der Waals surface area contributed by atoms with Gasteiger partial charge in [0.1, 0.15) is 0 Å². The van der Waals surface area contributed by atoms with Gasteiger partial charge in [-0.1, -0.05) is 0 Å². The number of aliphatic hydroxyl groups is 1. The van der Waals surface area contributed by atoms with E-state index < -0.39 is 24.5 Å². The zero-order chi connectivity index (χ0) is 14.3. The molecule has 0 aliphatic rings. The number of anilines is 1. The predicted molar refractivity (Wildman–Crippen MR) is 66.3 cm³/mol. The minimum absolute atomic E-state index is 0.0441. The Morgan fingerprint density at radius 2 is 2.11 bits per heavy atom. The fourth-order valence-electron chi connectivity index (χ4n) is 1.34. The molecule has 8 heteroatoms. The number of amides is 1. The summed E-state index contributed by atoms with van der Waals surface area (Å²) >= 11 is 0. The summed E-state index contributed by atoms with van der Waals surface area (Å²) in [7, 11) is 2.82. The molecule has 1 heterocycles. The summed E-state index contributed by atoms with van der Waals surface area (Å²) in [6.07, 6.45) is 3.11. The van der Waals surface area contributed by atoms with Crippen LogP contribution in [0.2, 0.25) is 0 Å². The van der Waals surface area contributed by atoms with E-state index in [4.69, 9.17) is 5.11 Å². The standard InChI is InChI=1S/C11H16N4O4/c1-15(11-12-4-3-5-13-11)6-9(17)14-8(7-16)10(18)19-2/h3-5,8,16H,6-7H2,1-2H3,(H,14,17)/t8-/m0/s1. The molecule has 0 unspecified atom stereocenters. The van der Waals surface area contributed by atoms with Gasteiger partial charge in [-0.3, -0.25) is 4.79 Å². The molecule has 1 atom stereocenters. The Bertz CT molecular complexity index is 426. The molecule has 1 aromatic rings. The first-order valence-electron chi connectivity index (χ1n) is 5.54. The Balaban J connectivity index is 2.53. The summed E-state index contributed by atoms with van der Waals surface area (Å²) in [6.45, 7) is -0.568. The third-order valence-corrected chi connectivity index (χ3v) is 2.28. The number of carbonyl (C=O) groups excluding carboxylic acids is 2. The largest absolute Gasteiger partial charge is 0.467 e. The molecular weight excluding hydrogens is 252 g/mol. The van der Waals surface area contributed by atoms with Crippen LogP contribution in [0.3, 0.4) is 0 Å². The minimum atomic E-state index is -1.07. The second-order valence-electron chi connectivity index (χ2n) is 3.73. The molecule has 104 valence electrons. The first-order chi connectivity index (χ1) is 9.08. The van der Waals surface area contributed by atoms with Crippen LogP contribution in [0.15, 0.2) is 18.5 Å². The Morgan fingerprint density at radius 1 is 1.47 bits per heavy atom. The van der Waals surface area contributed by atoms with E-state index in [1.807, 2.05) is 0 Å². The lowest BCUT2D eigenvalue weighted by molar-refractivity contribution is -0.146. The van der Waals surface area contributed by atoms with Crippen molar-refractivity contribution in [3.05, 3.63) is 18.5 Å². The molecule has 0 saturated heterocycles. The highest BCUT2D eigenvalue weighted by Crippen LogP contribution is 2.00. The lowest BCUT2D eigenvalue weighted by Crippen LogP contribution is -2.47. The van der Waals surface area contributed by atoms with E-state index in [1.165, 1.54) is 12.0 Å². The van der Waals surface area contributed by atoms with Crippen molar-refractivity contribution < 1.29 is 19.4 Å². The minimum Gasteiger partial charge on any atom is -0.467 e. The van der Waals surface area contributed by atoms with Crippen LogP contribution in [0.25, 0.3) is 0 Å². The molecule has 0 aliphatic heterocycles. The van der Waals surface area contributed by atoms with Crippen LogP contribution < -0.4 is 10.2 Å². The van der Waals surface area contributed by atoms with Crippen molar-refractivity contribution in [3.63, 3.8) is 0 Å². The average Bonchev–Trinajstić information content (AvgIpc) is 2.44. The number of methoxy groups -OCH3 is 1. The molecule has 8 nitrogen and oxygen atoms in total. The zero-order valence-corrected chi connectivity index (χ0v) is 10.7. The summed E-state index contributed by atoms with van der Waals surface area (Å²) in [4.78, 5) is 32.4. The highest BCUT2D eigenvalue weighted by atomic mass is 16.5. The number of carbonyl (C=O) groups is 2. The number of hydrogen-bond donors (Lipinski definition) is 2. The van der Waals surface area contributed by atoms with Crippen LogP contribution in [0.1, 0.15) is 0 Å². The van der Waals surface area contributed by atoms with Gasteiger partial charge in [0, 0.05) is 19.4 Å². The molecule has 0 fully saturated rings. The molecule has 0 aliphatic carbocycles. The molecular formula is C11H16N4O4. The molecule has 1 amide bonds. The first-order valence-corrected chi connectivity index (χ1v) is 5.54. The number of ether oxygens (including phenoxy) is 1. The van der Waals surface area contributed by atoms with Gasteiger partial charge in [-0.05, 0) is 6.07 Å². The van der Waals surface area contributed by atoms with Crippen molar-refractivity contribution in [1.82, 2.24) is 15.3 Å². The van der Waals surface area contributed by atoms with Crippen molar-refractivity contribution in [1.29, 1.82) is 0 Å². The van der Waals surface area contributed by atoms with Crippen molar-refractivity contribution >= 4 is 17.8 Å². The van der Waals surface area contributed by atoms with E-state index in [-0.39, 0.29) is 6.54 Å². The van der Waals surface area contributed by atoms with Gasteiger partial charge in [-0.25, -0.2) is 14.8 Å². The normalized spacial score (nSPS) is 11.5. The number of rotatable bonds is 6. The van der Waals surface area contributed by atoms with Gasteiger partial charge in [0.25, 0.3) is 0 Å². The molecule has 2 N–H and O–H groups in total. The molecule has 0 spiro atoms. The second-order valence-corrected chi connectivity index (χ2v) is 3.73. The van der Waals surface area contributed by atoms with Gasteiger partial charge in [0.2, 0.25) is 11.9 Å². The van der Waals surface area contributed by atoms with Gasteiger partial charge in [0.05, 0.1) is 20.3 Å². The van der Waals surface area contributed by atoms with E-state index in [9.17, 15) is 9.59 Å². The van der Waals surface area contributed by atoms with E-state index in [1.54, 1.807) is 25.5 Å². The summed E-state index contributed by atoms with van der Waals surface area (Å²) in [5.41, 5.74) is 0. The maximum absolute atomic E-state index is 11.7. The number of nitrogens with zero attached hydrogens (tertiary/aromatic N) is 3. The maximum atomic E-state index is 11.7. The van der Waals surface area contributed by atoms with Crippen LogP contribution in [0.4, 0.5) is 5.95 Å². The molecule has 0 bridgehead atoms. The molecule has 1 rings (SSSR count). The number of hydrogen-bond acceptors (Lipinski definition) is 7. The second kappa shape index (κ2) is 7.27. The van der Waals surface area contributed by atoms with Crippen LogP contribution in [0.5, 0.6) is 0 Å². The van der Waals surface area contributed by atoms with Crippen molar-refractivity contribution in [3.8, 4) is 0 Å². The van der Waals surface area contributed by atoms with E-state index in [2.05, 4.69) is 20.0 Å². The summed E-state index contributed by atoms with van der Waals surface area (Å²) in [6, 6.07) is 0.596. The number of esters is 1. The van der Waals surface area contributed by atoms with Gasteiger partial charge in [-0.15, -0.1) is 0 Å². The third-order valence-electron chi connectivity index (χ3n) is 2.28. The van der Waals surface area contributed by atoms with Crippen LogP contribution in [-0.4, -0.2) is 60.3 Å². The first kappa shape index (κ1) is 14.8. The van der Waals surface area contributed by atoms with Crippen molar-refractivity contribution in [2.45, 2.75) is 6.04 Å². The van der Waals surface area contributed by atoms with E-state index >= 15 is 0 Å². The monoisotopic (exact) mass is 268 g/mol. The number of aromatic nitrogens is 2.